The van der Waals surface area contributed by atoms with Crippen LogP contribution in [0.25, 0.3) is 0 Å². The zero-order chi connectivity index (χ0) is 12.0. The van der Waals surface area contributed by atoms with Crippen LogP contribution in [0.1, 0.15) is 23.2 Å². The summed E-state index contributed by atoms with van der Waals surface area (Å²) in [5, 5.41) is 2.83. The number of carbonyl (C=O) groups is 1. The van der Waals surface area contributed by atoms with Gasteiger partial charge in [-0.3, -0.25) is 4.79 Å². The molecule has 1 heterocycles. The lowest BCUT2D eigenvalue weighted by Crippen LogP contribution is -2.25. The molecule has 0 fully saturated rings. The second kappa shape index (κ2) is 5.99. The molecule has 0 bridgehead atoms. The number of carbonyl (C=O) groups excluding carboxylic acids is 1. The fraction of sp³-hybridized carbons (Fsp3) is 0.273. The SMILES string of the molecule is C#CCCCNC(=O)c1cc(N)cnc1Cl. The van der Waals surface area contributed by atoms with Crippen LogP contribution in [0.15, 0.2) is 12.3 Å². The highest BCUT2D eigenvalue weighted by Crippen LogP contribution is 2.15. The normalized spacial score (nSPS) is 9.50. The van der Waals surface area contributed by atoms with E-state index >= 15 is 0 Å². The number of nitrogens with zero attached hydrogens (tertiary/aromatic N) is 1. The molecule has 16 heavy (non-hydrogen) atoms. The summed E-state index contributed by atoms with van der Waals surface area (Å²) in [6.45, 7) is 0.508. The van der Waals surface area contributed by atoms with Crippen molar-refractivity contribution in [1.29, 1.82) is 0 Å². The van der Waals surface area contributed by atoms with Gasteiger partial charge < -0.3 is 11.1 Å². The lowest BCUT2D eigenvalue weighted by atomic mass is 10.2. The van der Waals surface area contributed by atoms with Gasteiger partial charge in [0.1, 0.15) is 5.15 Å². The third kappa shape index (κ3) is 3.44. The molecule has 0 aliphatic heterocycles. The number of amides is 1. The van der Waals surface area contributed by atoms with Crippen LogP contribution >= 0.6 is 11.6 Å². The van der Waals surface area contributed by atoms with Crippen molar-refractivity contribution in [3.8, 4) is 12.3 Å². The number of halogens is 1. The van der Waals surface area contributed by atoms with Crippen LogP contribution < -0.4 is 11.1 Å². The van der Waals surface area contributed by atoms with Gasteiger partial charge >= 0.3 is 0 Å². The first-order valence-electron chi connectivity index (χ1n) is 4.78. The summed E-state index contributed by atoms with van der Waals surface area (Å²) in [5.74, 6) is 2.20. The summed E-state index contributed by atoms with van der Waals surface area (Å²) in [6, 6.07) is 1.49. The average Bonchev–Trinajstić information content (AvgIpc) is 2.27. The molecule has 1 aromatic rings. The Labute approximate surface area is 99.2 Å². The number of nitrogens with two attached hydrogens (primary N) is 1. The van der Waals surface area contributed by atoms with Crippen LogP contribution in [0.4, 0.5) is 5.69 Å². The highest BCUT2D eigenvalue weighted by atomic mass is 35.5. The minimum absolute atomic E-state index is 0.142. The van der Waals surface area contributed by atoms with Crippen LogP contribution in [0.2, 0.25) is 5.15 Å². The molecular weight excluding hydrogens is 226 g/mol. The molecule has 0 spiro atoms. The minimum Gasteiger partial charge on any atom is -0.397 e. The van der Waals surface area contributed by atoms with E-state index in [1.807, 2.05) is 0 Å². The molecule has 0 atom stereocenters. The highest BCUT2D eigenvalue weighted by Gasteiger charge is 2.10. The Hall–Kier alpha value is -1.73. The van der Waals surface area contributed by atoms with Crippen molar-refractivity contribution in [2.24, 2.45) is 0 Å². The molecule has 0 aliphatic carbocycles. The lowest BCUT2D eigenvalue weighted by Gasteiger charge is -2.05. The topological polar surface area (TPSA) is 68.0 Å². The Morgan fingerprint density at radius 1 is 1.69 bits per heavy atom. The third-order valence-electron chi connectivity index (χ3n) is 1.89. The van der Waals surface area contributed by atoms with Crippen molar-refractivity contribution < 1.29 is 4.79 Å². The number of anilines is 1. The van der Waals surface area contributed by atoms with Gasteiger partial charge in [0.15, 0.2) is 0 Å². The van der Waals surface area contributed by atoms with Crippen LogP contribution in [0.3, 0.4) is 0 Å². The van der Waals surface area contributed by atoms with Gasteiger partial charge in [0, 0.05) is 13.0 Å². The van der Waals surface area contributed by atoms with Crippen molar-refractivity contribution in [3.63, 3.8) is 0 Å². The highest BCUT2D eigenvalue weighted by molar-refractivity contribution is 6.32. The molecule has 1 aromatic heterocycles. The van der Waals surface area contributed by atoms with Crippen LogP contribution in [0.5, 0.6) is 0 Å². The fourth-order valence-electron chi connectivity index (χ4n) is 1.11. The van der Waals surface area contributed by atoms with Gasteiger partial charge in [0.05, 0.1) is 17.4 Å². The fourth-order valence-corrected chi connectivity index (χ4v) is 1.30. The maximum absolute atomic E-state index is 11.6. The number of terminal acetylenes is 1. The van der Waals surface area contributed by atoms with Gasteiger partial charge in [0.2, 0.25) is 0 Å². The van der Waals surface area contributed by atoms with E-state index in [0.29, 0.717) is 18.7 Å². The molecule has 0 aromatic carbocycles. The Balaban J connectivity index is 2.59. The number of rotatable bonds is 4. The van der Waals surface area contributed by atoms with E-state index in [9.17, 15) is 4.79 Å². The summed E-state index contributed by atoms with van der Waals surface area (Å²) in [7, 11) is 0. The lowest BCUT2D eigenvalue weighted by molar-refractivity contribution is 0.0953. The summed E-state index contributed by atoms with van der Waals surface area (Å²) in [5.41, 5.74) is 6.20. The average molecular weight is 238 g/mol. The molecule has 0 saturated carbocycles. The predicted octanol–water partition coefficient (Wildman–Crippen LogP) is 1.46. The van der Waals surface area contributed by atoms with E-state index in [4.69, 9.17) is 23.8 Å². The quantitative estimate of drug-likeness (QED) is 0.473. The Morgan fingerprint density at radius 2 is 2.44 bits per heavy atom. The number of nitrogen functional groups attached to an aromatic ring is 1. The van der Waals surface area contributed by atoms with Crippen molar-refractivity contribution in [1.82, 2.24) is 10.3 Å². The molecule has 0 aliphatic rings. The number of pyridine rings is 1. The van der Waals surface area contributed by atoms with E-state index in [0.717, 1.165) is 6.42 Å². The van der Waals surface area contributed by atoms with Crippen molar-refractivity contribution in [2.45, 2.75) is 12.8 Å². The van der Waals surface area contributed by atoms with Crippen LogP contribution in [0, 0.1) is 12.3 Å². The van der Waals surface area contributed by atoms with Crippen molar-refractivity contribution in [3.05, 3.63) is 23.0 Å². The summed E-state index contributed by atoms with van der Waals surface area (Å²) < 4.78 is 0. The molecular formula is C11H12ClN3O. The number of unbranched alkanes of at least 4 members (excludes halogenated alkanes) is 1. The Bertz CT molecular complexity index is 426. The maximum Gasteiger partial charge on any atom is 0.254 e. The minimum atomic E-state index is -0.290. The molecule has 0 radical (unpaired) electrons. The second-order valence-electron chi connectivity index (χ2n) is 3.17. The number of hydrogen-bond donors (Lipinski definition) is 2. The molecule has 5 heteroatoms. The van der Waals surface area contributed by atoms with Gasteiger partial charge in [-0.2, -0.15) is 0 Å². The molecule has 0 saturated heterocycles. The molecule has 0 unspecified atom stereocenters. The van der Waals surface area contributed by atoms with Gasteiger partial charge in [0.25, 0.3) is 5.91 Å². The summed E-state index contributed by atoms with van der Waals surface area (Å²) in [4.78, 5) is 15.4. The van der Waals surface area contributed by atoms with E-state index in [1.165, 1.54) is 12.3 Å². The second-order valence-corrected chi connectivity index (χ2v) is 3.53. The van der Waals surface area contributed by atoms with Crippen molar-refractivity contribution >= 4 is 23.2 Å². The monoisotopic (exact) mass is 237 g/mol. The summed E-state index contributed by atoms with van der Waals surface area (Å²) >= 11 is 5.77. The number of hydrogen-bond acceptors (Lipinski definition) is 3. The van der Waals surface area contributed by atoms with Gasteiger partial charge in [-0.15, -0.1) is 12.3 Å². The van der Waals surface area contributed by atoms with Crippen molar-refractivity contribution in [2.75, 3.05) is 12.3 Å². The first-order chi connectivity index (χ1) is 7.65. The third-order valence-corrected chi connectivity index (χ3v) is 2.19. The smallest absolute Gasteiger partial charge is 0.254 e. The maximum atomic E-state index is 11.6. The largest absolute Gasteiger partial charge is 0.397 e. The van der Waals surface area contributed by atoms with Gasteiger partial charge in [-0.05, 0) is 12.5 Å². The van der Waals surface area contributed by atoms with Crippen LogP contribution in [-0.4, -0.2) is 17.4 Å². The Kier molecular flexibility index (Phi) is 4.62. The van der Waals surface area contributed by atoms with E-state index < -0.39 is 0 Å². The first kappa shape index (κ1) is 12.3. The van der Waals surface area contributed by atoms with Gasteiger partial charge in [-0.1, -0.05) is 11.6 Å². The summed E-state index contributed by atoms with van der Waals surface area (Å²) in [6.07, 6.45) is 7.85. The standard InChI is InChI=1S/C11H12ClN3O/c1-2-3-4-5-14-11(16)9-6-8(13)7-15-10(9)12/h1,6-7H,3-5,13H2,(H,14,16). The van der Waals surface area contributed by atoms with Gasteiger partial charge in [-0.25, -0.2) is 4.98 Å². The zero-order valence-electron chi connectivity index (χ0n) is 8.66. The number of aromatic nitrogens is 1. The molecule has 84 valence electrons. The predicted molar refractivity (Wildman–Crippen MR) is 64.1 cm³/mol. The first-order valence-corrected chi connectivity index (χ1v) is 5.15. The molecule has 4 nitrogen and oxygen atoms in total. The Morgan fingerprint density at radius 3 is 3.12 bits per heavy atom. The number of nitrogens with one attached hydrogen (secondary N) is 1. The van der Waals surface area contributed by atoms with Crippen LogP contribution in [-0.2, 0) is 0 Å². The molecule has 1 amide bonds. The zero-order valence-corrected chi connectivity index (χ0v) is 9.42. The molecule has 3 N–H and O–H groups in total. The van der Waals surface area contributed by atoms with E-state index in [-0.39, 0.29) is 16.6 Å². The van der Waals surface area contributed by atoms with E-state index in [1.54, 1.807) is 0 Å². The van der Waals surface area contributed by atoms with E-state index in [2.05, 4.69) is 16.2 Å². The molecule has 1 rings (SSSR count).